The number of non-ortho nitro benzene ring substituents is 1. The summed E-state index contributed by atoms with van der Waals surface area (Å²) in [6, 6.07) is 3.61. The normalized spacial score (nSPS) is 11.5. The average Bonchev–Trinajstić information content (AvgIpc) is 2.16. The Labute approximate surface area is 93.4 Å². The molecule has 16 heavy (non-hydrogen) atoms. The number of nitro groups is 1. The third-order valence-corrected chi connectivity index (χ3v) is 2.39. The van der Waals surface area contributed by atoms with Crippen molar-refractivity contribution in [3.8, 4) is 0 Å². The number of halogens is 1. The summed E-state index contributed by atoms with van der Waals surface area (Å²) < 4.78 is 13.1. The maximum atomic E-state index is 13.1. The molecule has 0 aromatic heterocycles. The standard InChI is InChI=1S/C11H15FN2O2/c1-11(2,7-13)6-8-3-9(12)5-10(4-8)14(15)16/h3-5H,6-7,13H2,1-2H3. The zero-order chi connectivity index (χ0) is 12.3. The predicted octanol–water partition coefficient (Wildman–Crippen LogP) is 2.26. The maximum absolute atomic E-state index is 13.1. The topological polar surface area (TPSA) is 69.2 Å². The van der Waals surface area contributed by atoms with Crippen LogP contribution in [0.3, 0.4) is 0 Å². The van der Waals surface area contributed by atoms with Crippen LogP contribution in [0.5, 0.6) is 0 Å². The van der Waals surface area contributed by atoms with Crippen molar-refractivity contribution < 1.29 is 9.31 Å². The van der Waals surface area contributed by atoms with E-state index in [-0.39, 0.29) is 11.1 Å². The van der Waals surface area contributed by atoms with Gasteiger partial charge in [-0.05, 0) is 30.0 Å². The number of hydrogen-bond acceptors (Lipinski definition) is 3. The van der Waals surface area contributed by atoms with Crippen molar-refractivity contribution in [2.75, 3.05) is 6.54 Å². The molecule has 0 saturated heterocycles. The van der Waals surface area contributed by atoms with Crippen molar-refractivity contribution in [3.05, 3.63) is 39.7 Å². The highest BCUT2D eigenvalue weighted by atomic mass is 19.1. The van der Waals surface area contributed by atoms with Gasteiger partial charge >= 0.3 is 0 Å². The van der Waals surface area contributed by atoms with Crippen molar-refractivity contribution in [2.45, 2.75) is 20.3 Å². The number of nitrogens with zero attached hydrogens (tertiary/aromatic N) is 1. The summed E-state index contributed by atoms with van der Waals surface area (Å²) in [5.74, 6) is -0.586. The Balaban J connectivity index is 3.01. The summed E-state index contributed by atoms with van der Waals surface area (Å²) in [6.07, 6.45) is 0.516. The number of benzene rings is 1. The van der Waals surface area contributed by atoms with Crippen LogP contribution in [0.2, 0.25) is 0 Å². The first-order chi connectivity index (χ1) is 7.34. The second-order valence-corrected chi connectivity index (χ2v) is 4.62. The number of nitrogens with two attached hydrogens (primary N) is 1. The molecule has 88 valence electrons. The molecule has 0 aliphatic rings. The summed E-state index contributed by atoms with van der Waals surface area (Å²) in [5.41, 5.74) is 5.75. The first-order valence-electron chi connectivity index (χ1n) is 4.98. The van der Waals surface area contributed by atoms with E-state index >= 15 is 0 Å². The van der Waals surface area contributed by atoms with Crippen LogP contribution in [-0.2, 0) is 6.42 Å². The van der Waals surface area contributed by atoms with E-state index in [9.17, 15) is 14.5 Å². The molecule has 0 atom stereocenters. The van der Waals surface area contributed by atoms with E-state index in [0.29, 0.717) is 18.5 Å². The van der Waals surface area contributed by atoms with Crippen LogP contribution in [0, 0.1) is 21.3 Å². The lowest BCUT2D eigenvalue weighted by Gasteiger charge is -2.22. The highest BCUT2D eigenvalue weighted by Gasteiger charge is 2.18. The molecule has 0 aliphatic carbocycles. The quantitative estimate of drug-likeness (QED) is 0.632. The minimum absolute atomic E-state index is 0.193. The zero-order valence-electron chi connectivity index (χ0n) is 9.37. The minimum atomic E-state index is -0.595. The molecule has 1 aromatic carbocycles. The molecule has 1 rings (SSSR count). The van der Waals surface area contributed by atoms with Gasteiger partial charge in [-0.2, -0.15) is 0 Å². The van der Waals surface area contributed by atoms with E-state index in [0.717, 1.165) is 6.07 Å². The van der Waals surface area contributed by atoms with Crippen molar-refractivity contribution in [1.29, 1.82) is 0 Å². The lowest BCUT2D eigenvalue weighted by Crippen LogP contribution is -2.25. The fourth-order valence-electron chi connectivity index (χ4n) is 1.47. The van der Waals surface area contributed by atoms with Gasteiger partial charge < -0.3 is 5.73 Å². The van der Waals surface area contributed by atoms with Crippen LogP contribution >= 0.6 is 0 Å². The van der Waals surface area contributed by atoms with E-state index in [4.69, 9.17) is 5.73 Å². The molecule has 0 radical (unpaired) electrons. The summed E-state index contributed by atoms with van der Waals surface area (Å²) in [4.78, 5) is 9.96. The lowest BCUT2D eigenvalue weighted by atomic mass is 9.86. The van der Waals surface area contributed by atoms with Gasteiger partial charge in [0, 0.05) is 6.07 Å². The van der Waals surface area contributed by atoms with Crippen LogP contribution in [0.4, 0.5) is 10.1 Å². The van der Waals surface area contributed by atoms with Crippen molar-refractivity contribution in [2.24, 2.45) is 11.1 Å². The molecule has 0 aliphatic heterocycles. The Kier molecular flexibility index (Phi) is 3.59. The SMILES string of the molecule is CC(C)(CN)Cc1cc(F)cc([N+](=O)[O-])c1. The molecule has 0 spiro atoms. The summed E-state index contributed by atoms with van der Waals surface area (Å²) in [5, 5.41) is 10.6. The summed E-state index contributed by atoms with van der Waals surface area (Å²) in [6.45, 7) is 4.31. The van der Waals surface area contributed by atoms with Crippen molar-refractivity contribution in [3.63, 3.8) is 0 Å². The largest absolute Gasteiger partial charge is 0.330 e. The Morgan fingerprint density at radius 3 is 2.56 bits per heavy atom. The predicted molar refractivity (Wildman–Crippen MR) is 59.6 cm³/mol. The molecule has 2 N–H and O–H groups in total. The van der Waals surface area contributed by atoms with Gasteiger partial charge in [0.25, 0.3) is 5.69 Å². The fourth-order valence-corrected chi connectivity index (χ4v) is 1.47. The maximum Gasteiger partial charge on any atom is 0.272 e. The molecular weight excluding hydrogens is 211 g/mol. The molecule has 4 nitrogen and oxygen atoms in total. The fraction of sp³-hybridized carbons (Fsp3) is 0.455. The van der Waals surface area contributed by atoms with Gasteiger partial charge in [0.15, 0.2) is 0 Å². The third-order valence-electron chi connectivity index (χ3n) is 2.39. The Hall–Kier alpha value is -1.49. The van der Waals surface area contributed by atoms with Gasteiger partial charge in [-0.1, -0.05) is 13.8 Å². The van der Waals surface area contributed by atoms with Crippen LogP contribution in [0.25, 0.3) is 0 Å². The highest BCUT2D eigenvalue weighted by molar-refractivity contribution is 5.35. The van der Waals surface area contributed by atoms with E-state index < -0.39 is 10.7 Å². The van der Waals surface area contributed by atoms with E-state index in [1.807, 2.05) is 13.8 Å². The van der Waals surface area contributed by atoms with E-state index in [2.05, 4.69) is 0 Å². The Bertz CT molecular complexity index is 405. The van der Waals surface area contributed by atoms with Crippen LogP contribution < -0.4 is 5.73 Å². The molecule has 5 heteroatoms. The number of hydrogen-bond donors (Lipinski definition) is 1. The first kappa shape index (κ1) is 12.6. The van der Waals surface area contributed by atoms with Gasteiger partial charge in [-0.25, -0.2) is 4.39 Å². The zero-order valence-corrected chi connectivity index (χ0v) is 9.37. The van der Waals surface area contributed by atoms with Gasteiger partial charge in [0.2, 0.25) is 0 Å². The van der Waals surface area contributed by atoms with Gasteiger partial charge in [0.05, 0.1) is 11.0 Å². The summed E-state index contributed by atoms with van der Waals surface area (Å²) >= 11 is 0. The van der Waals surface area contributed by atoms with Crippen LogP contribution in [0.1, 0.15) is 19.4 Å². The second kappa shape index (κ2) is 4.57. The average molecular weight is 226 g/mol. The van der Waals surface area contributed by atoms with Gasteiger partial charge in [-0.15, -0.1) is 0 Å². The van der Waals surface area contributed by atoms with E-state index in [1.165, 1.54) is 12.1 Å². The molecule has 0 heterocycles. The highest BCUT2D eigenvalue weighted by Crippen LogP contribution is 2.24. The molecular formula is C11H15FN2O2. The molecule has 0 saturated carbocycles. The van der Waals surface area contributed by atoms with Crippen molar-refractivity contribution in [1.82, 2.24) is 0 Å². The van der Waals surface area contributed by atoms with Crippen LogP contribution in [-0.4, -0.2) is 11.5 Å². The monoisotopic (exact) mass is 226 g/mol. The van der Waals surface area contributed by atoms with E-state index in [1.54, 1.807) is 0 Å². The molecule has 1 aromatic rings. The Morgan fingerprint density at radius 1 is 1.44 bits per heavy atom. The van der Waals surface area contributed by atoms with Gasteiger partial charge in [0.1, 0.15) is 5.82 Å². The molecule has 0 amide bonds. The summed E-state index contributed by atoms with van der Waals surface area (Å²) in [7, 11) is 0. The third kappa shape index (κ3) is 3.27. The molecule has 0 unspecified atom stereocenters. The minimum Gasteiger partial charge on any atom is -0.330 e. The lowest BCUT2D eigenvalue weighted by molar-refractivity contribution is -0.385. The second-order valence-electron chi connectivity index (χ2n) is 4.62. The molecule has 0 bridgehead atoms. The first-order valence-corrected chi connectivity index (χ1v) is 4.98. The number of nitro benzene ring substituents is 1. The van der Waals surface area contributed by atoms with Crippen molar-refractivity contribution >= 4 is 5.69 Å². The van der Waals surface area contributed by atoms with Crippen LogP contribution in [0.15, 0.2) is 18.2 Å². The number of rotatable bonds is 4. The smallest absolute Gasteiger partial charge is 0.272 e. The Morgan fingerprint density at radius 2 is 2.06 bits per heavy atom. The van der Waals surface area contributed by atoms with Gasteiger partial charge in [-0.3, -0.25) is 10.1 Å². The molecule has 0 fully saturated rings.